The van der Waals surface area contributed by atoms with Crippen molar-refractivity contribution in [3.8, 4) is 0 Å². The van der Waals surface area contributed by atoms with E-state index in [9.17, 15) is 9.18 Å². The summed E-state index contributed by atoms with van der Waals surface area (Å²) < 4.78 is 18.9. The van der Waals surface area contributed by atoms with Gasteiger partial charge in [0.2, 0.25) is 0 Å². The van der Waals surface area contributed by atoms with Crippen LogP contribution in [0.4, 0.5) is 10.1 Å². The van der Waals surface area contributed by atoms with Crippen molar-refractivity contribution >= 4 is 39.2 Å². The Balaban J connectivity index is 2.13. The molecule has 0 bridgehead atoms. The number of rotatable bonds is 3. The Hall–Kier alpha value is -1.59. The van der Waals surface area contributed by atoms with E-state index >= 15 is 0 Å². The first-order valence-corrected chi connectivity index (χ1v) is 6.81. The van der Waals surface area contributed by atoms with Crippen LogP contribution in [0, 0.1) is 5.82 Å². The summed E-state index contributed by atoms with van der Waals surface area (Å²) in [5.74, 6) is -1.01. The smallest absolute Gasteiger partial charge is 0.340 e. The molecule has 0 amide bonds. The molecule has 3 nitrogen and oxygen atoms in total. The van der Waals surface area contributed by atoms with Gasteiger partial charge in [-0.1, -0.05) is 33.6 Å². The summed E-state index contributed by atoms with van der Waals surface area (Å²) >= 11 is 9.19. The summed E-state index contributed by atoms with van der Waals surface area (Å²) in [5.41, 5.74) is 6.62. The highest BCUT2D eigenvalue weighted by Gasteiger charge is 2.14. The van der Waals surface area contributed by atoms with E-state index in [2.05, 4.69) is 15.9 Å². The van der Waals surface area contributed by atoms with Crippen LogP contribution in [0.5, 0.6) is 0 Å². The van der Waals surface area contributed by atoms with Crippen molar-refractivity contribution in [1.29, 1.82) is 0 Å². The quantitative estimate of drug-likeness (QED) is 0.661. The summed E-state index contributed by atoms with van der Waals surface area (Å²) in [5, 5.41) is 0.149. The lowest BCUT2D eigenvalue weighted by Crippen LogP contribution is -2.07. The van der Waals surface area contributed by atoms with Gasteiger partial charge in [-0.25, -0.2) is 9.18 Å². The van der Waals surface area contributed by atoms with Crippen LogP contribution in [0.15, 0.2) is 40.9 Å². The highest BCUT2D eigenvalue weighted by molar-refractivity contribution is 9.10. The molecule has 0 radical (unpaired) electrons. The van der Waals surface area contributed by atoms with Crippen LogP contribution in [0.25, 0.3) is 0 Å². The number of carbonyl (C=O) groups is 1. The number of hydrogen-bond donors (Lipinski definition) is 1. The molecular formula is C14H10BrClFNO2. The molecule has 2 N–H and O–H groups in total. The molecule has 0 saturated heterocycles. The molecule has 0 atom stereocenters. The van der Waals surface area contributed by atoms with Crippen LogP contribution in [-0.2, 0) is 11.3 Å². The second-order valence-corrected chi connectivity index (χ2v) is 5.25. The monoisotopic (exact) mass is 357 g/mol. The lowest BCUT2D eigenvalue weighted by atomic mass is 10.2. The number of esters is 1. The molecule has 0 aromatic heterocycles. The third kappa shape index (κ3) is 3.29. The maximum Gasteiger partial charge on any atom is 0.340 e. The minimum Gasteiger partial charge on any atom is -0.457 e. The van der Waals surface area contributed by atoms with E-state index in [1.54, 1.807) is 18.2 Å². The first-order valence-electron chi connectivity index (χ1n) is 5.64. The van der Waals surface area contributed by atoms with E-state index in [1.165, 1.54) is 18.2 Å². The highest BCUT2D eigenvalue weighted by atomic mass is 79.9. The Kier molecular flexibility index (Phi) is 4.62. The second-order valence-electron chi connectivity index (χ2n) is 4.02. The zero-order chi connectivity index (χ0) is 14.7. The average Bonchev–Trinajstić information content (AvgIpc) is 2.42. The maximum absolute atomic E-state index is 13.1. The topological polar surface area (TPSA) is 52.3 Å². The van der Waals surface area contributed by atoms with E-state index < -0.39 is 11.8 Å². The van der Waals surface area contributed by atoms with Crippen LogP contribution in [-0.4, -0.2) is 5.97 Å². The zero-order valence-corrected chi connectivity index (χ0v) is 12.5. The first kappa shape index (κ1) is 14.8. The number of carbonyl (C=O) groups excluding carboxylic acids is 1. The van der Waals surface area contributed by atoms with E-state index in [4.69, 9.17) is 22.1 Å². The number of benzene rings is 2. The summed E-state index contributed by atoms with van der Waals surface area (Å²) in [6.45, 7) is -0.0672. The molecule has 0 saturated carbocycles. The van der Waals surface area contributed by atoms with Crippen LogP contribution >= 0.6 is 27.5 Å². The fourth-order valence-electron chi connectivity index (χ4n) is 1.58. The molecule has 0 aliphatic carbocycles. The van der Waals surface area contributed by atoms with Crippen molar-refractivity contribution in [2.75, 3.05) is 5.73 Å². The van der Waals surface area contributed by atoms with Gasteiger partial charge in [0.05, 0.1) is 16.3 Å². The lowest BCUT2D eigenvalue weighted by molar-refractivity contribution is 0.0472. The Bertz CT molecular complexity index is 664. The summed E-state index contributed by atoms with van der Waals surface area (Å²) in [6, 6.07) is 8.86. The summed E-state index contributed by atoms with van der Waals surface area (Å²) in [4.78, 5) is 11.9. The fourth-order valence-corrected chi connectivity index (χ4v) is 2.15. The summed E-state index contributed by atoms with van der Waals surface area (Å²) in [6.07, 6.45) is 0. The third-order valence-electron chi connectivity index (χ3n) is 2.62. The van der Waals surface area contributed by atoms with Crippen molar-refractivity contribution < 1.29 is 13.9 Å². The minimum absolute atomic E-state index is 0.0672. The Morgan fingerprint density at radius 3 is 2.85 bits per heavy atom. The van der Waals surface area contributed by atoms with Gasteiger partial charge in [-0.3, -0.25) is 0 Å². The van der Waals surface area contributed by atoms with Crippen LogP contribution in [0.2, 0.25) is 5.02 Å². The first-order chi connectivity index (χ1) is 9.49. The van der Waals surface area contributed by atoms with E-state index in [1.807, 2.05) is 0 Å². The van der Waals surface area contributed by atoms with Crippen LogP contribution in [0.3, 0.4) is 0 Å². The molecule has 20 heavy (non-hydrogen) atoms. The van der Waals surface area contributed by atoms with E-state index in [-0.39, 0.29) is 17.2 Å². The predicted molar refractivity (Wildman–Crippen MR) is 79.1 cm³/mol. The standard InChI is InChI=1S/C14H10BrClFNO2/c15-11-5-4-9(17)6-8(11)7-20-14(19)10-2-1-3-12(18)13(10)16/h1-6H,7,18H2. The van der Waals surface area contributed by atoms with Gasteiger partial charge in [0.25, 0.3) is 0 Å². The largest absolute Gasteiger partial charge is 0.457 e. The van der Waals surface area contributed by atoms with Gasteiger partial charge in [-0.15, -0.1) is 0 Å². The van der Waals surface area contributed by atoms with Crippen molar-refractivity contribution in [3.05, 3.63) is 62.8 Å². The van der Waals surface area contributed by atoms with Crippen LogP contribution in [0.1, 0.15) is 15.9 Å². The van der Waals surface area contributed by atoms with E-state index in [0.717, 1.165) is 0 Å². The molecule has 0 unspecified atom stereocenters. The van der Waals surface area contributed by atoms with Gasteiger partial charge in [0.15, 0.2) is 0 Å². The SMILES string of the molecule is Nc1cccc(C(=O)OCc2cc(F)ccc2Br)c1Cl. The van der Waals surface area contributed by atoms with Gasteiger partial charge < -0.3 is 10.5 Å². The molecular weight excluding hydrogens is 349 g/mol. The predicted octanol–water partition coefficient (Wildman–Crippen LogP) is 4.18. The van der Waals surface area contributed by atoms with Crippen LogP contribution < -0.4 is 5.73 Å². The number of anilines is 1. The van der Waals surface area contributed by atoms with Gasteiger partial charge in [0, 0.05) is 10.0 Å². The average molecular weight is 359 g/mol. The van der Waals surface area contributed by atoms with Crippen molar-refractivity contribution in [2.45, 2.75) is 6.61 Å². The lowest BCUT2D eigenvalue weighted by Gasteiger charge is -2.09. The molecule has 0 heterocycles. The molecule has 6 heteroatoms. The van der Waals surface area contributed by atoms with Crippen molar-refractivity contribution in [1.82, 2.24) is 0 Å². The molecule has 0 aliphatic heterocycles. The number of ether oxygens (including phenoxy) is 1. The Morgan fingerprint density at radius 2 is 2.10 bits per heavy atom. The molecule has 2 aromatic rings. The third-order valence-corrected chi connectivity index (χ3v) is 3.81. The van der Waals surface area contributed by atoms with Gasteiger partial charge in [-0.2, -0.15) is 0 Å². The van der Waals surface area contributed by atoms with Gasteiger partial charge in [0.1, 0.15) is 12.4 Å². The Morgan fingerprint density at radius 1 is 1.35 bits per heavy atom. The van der Waals surface area contributed by atoms with Crippen molar-refractivity contribution in [2.24, 2.45) is 0 Å². The molecule has 104 valence electrons. The zero-order valence-electron chi connectivity index (χ0n) is 10.2. The normalized spacial score (nSPS) is 10.3. The highest BCUT2D eigenvalue weighted by Crippen LogP contribution is 2.25. The van der Waals surface area contributed by atoms with Gasteiger partial charge in [-0.05, 0) is 30.3 Å². The summed E-state index contributed by atoms with van der Waals surface area (Å²) in [7, 11) is 0. The number of nitrogen functional groups attached to an aromatic ring is 1. The number of hydrogen-bond acceptors (Lipinski definition) is 3. The fraction of sp³-hybridized carbons (Fsp3) is 0.0714. The second kappa shape index (κ2) is 6.24. The minimum atomic E-state index is -0.613. The maximum atomic E-state index is 13.1. The van der Waals surface area contributed by atoms with Gasteiger partial charge >= 0.3 is 5.97 Å². The van der Waals surface area contributed by atoms with E-state index in [0.29, 0.717) is 15.7 Å². The van der Waals surface area contributed by atoms with Crippen molar-refractivity contribution in [3.63, 3.8) is 0 Å². The Labute approximate surface area is 128 Å². The molecule has 2 rings (SSSR count). The molecule has 2 aromatic carbocycles. The molecule has 0 aliphatic rings. The number of halogens is 3. The molecule has 0 fully saturated rings. The molecule has 0 spiro atoms. The number of nitrogens with two attached hydrogens (primary N) is 1.